The summed E-state index contributed by atoms with van der Waals surface area (Å²) < 4.78 is 0. The predicted octanol–water partition coefficient (Wildman–Crippen LogP) is 3.49. The maximum Gasteiger partial charge on any atom is 0.254 e. The van der Waals surface area contributed by atoms with Crippen LogP contribution in [0.5, 0.6) is 0 Å². The molecule has 5 rings (SSSR count). The summed E-state index contributed by atoms with van der Waals surface area (Å²) in [6.45, 7) is 2.24. The molecule has 0 bridgehead atoms. The second kappa shape index (κ2) is 7.99. The van der Waals surface area contributed by atoms with Crippen LogP contribution in [0.15, 0.2) is 67.1 Å². The number of H-pyrrole nitrogens is 1. The van der Waals surface area contributed by atoms with Gasteiger partial charge in [0.05, 0.1) is 5.56 Å². The summed E-state index contributed by atoms with van der Waals surface area (Å²) in [4.78, 5) is 26.8. The highest BCUT2D eigenvalue weighted by molar-refractivity contribution is 5.93. The summed E-state index contributed by atoms with van der Waals surface area (Å²) in [5, 5.41) is 4.16. The molecule has 2 N–H and O–H groups in total. The van der Waals surface area contributed by atoms with Gasteiger partial charge in [-0.05, 0) is 35.6 Å². The molecule has 0 radical (unpaired) electrons. The van der Waals surface area contributed by atoms with Crippen LogP contribution in [0.1, 0.15) is 27.0 Å². The number of benzene rings is 2. The van der Waals surface area contributed by atoms with E-state index in [2.05, 4.69) is 61.6 Å². The van der Waals surface area contributed by atoms with Crippen LogP contribution in [0, 0.1) is 0 Å². The van der Waals surface area contributed by atoms with Crippen LogP contribution in [0.2, 0.25) is 0 Å². The molecule has 6 heteroatoms. The van der Waals surface area contributed by atoms with Gasteiger partial charge in [-0.25, -0.2) is 9.97 Å². The van der Waals surface area contributed by atoms with Crippen molar-refractivity contribution < 1.29 is 4.79 Å². The second-order valence-corrected chi connectivity index (χ2v) is 7.58. The third kappa shape index (κ3) is 3.64. The molecule has 0 atom stereocenters. The molecule has 0 fully saturated rings. The smallest absolute Gasteiger partial charge is 0.254 e. The lowest BCUT2D eigenvalue weighted by molar-refractivity contribution is 0.0953. The number of hydrogen-bond acceptors (Lipinski definition) is 4. The first-order valence-electron chi connectivity index (χ1n) is 10.2. The predicted molar refractivity (Wildman–Crippen MR) is 118 cm³/mol. The Kier molecular flexibility index (Phi) is 4.89. The number of aromatic nitrogens is 3. The Morgan fingerprint density at radius 1 is 1.03 bits per heavy atom. The van der Waals surface area contributed by atoms with E-state index in [9.17, 15) is 4.79 Å². The molecule has 0 saturated carbocycles. The quantitative estimate of drug-likeness (QED) is 0.541. The first kappa shape index (κ1) is 18.4. The first-order chi connectivity index (χ1) is 14.8. The van der Waals surface area contributed by atoms with Gasteiger partial charge in [0.25, 0.3) is 5.91 Å². The van der Waals surface area contributed by atoms with Gasteiger partial charge in [0.2, 0.25) is 5.95 Å². The van der Waals surface area contributed by atoms with Crippen molar-refractivity contribution in [1.82, 2.24) is 20.3 Å². The first-order valence-corrected chi connectivity index (χ1v) is 10.2. The van der Waals surface area contributed by atoms with Crippen molar-refractivity contribution in [2.24, 2.45) is 0 Å². The largest absolute Gasteiger partial charge is 0.361 e. The number of nitrogens with one attached hydrogen (secondary N) is 2. The maximum atomic E-state index is 12.5. The Morgan fingerprint density at radius 3 is 2.67 bits per heavy atom. The topological polar surface area (TPSA) is 73.9 Å². The fourth-order valence-electron chi connectivity index (χ4n) is 4.02. The van der Waals surface area contributed by atoms with Gasteiger partial charge in [-0.2, -0.15) is 0 Å². The molecule has 2 aromatic carbocycles. The molecule has 2 aromatic heterocycles. The minimum atomic E-state index is -0.148. The number of carbonyl (C=O) groups is 1. The summed E-state index contributed by atoms with van der Waals surface area (Å²) >= 11 is 0. The molecule has 0 unspecified atom stereocenters. The number of anilines is 1. The van der Waals surface area contributed by atoms with Gasteiger partial charge >= 0.3 is 0 Å². The Bertz CT molecular complexity index is 1180. The lowest BCUT2D eigenvalue weighted by atomic mass is 10.0. The van der Waals surface area contributed by atoms with Crippen molar-refractivity contribution in [1.29, 1.82) is 0 Å². The third-order valence-electron chi connectivity index (χ3n) is 5.67. The fraction of sp³-hybridized carbons (Fsp3) is 0.208. The monoisotopic (exact) mass is 397 g/mol. The number of carbonyl (C=O) groups excluding carboxylic acids is 1. The lowest BCUT2D eigenvalue weighted by Crippen LogP contribution is -2.32. The zero-order valence-electron chi connectivity index (χ0n) is 16.6. The average Bonchev–Trinajstić information content (AvgIpc) is 3.22. The highest BCUT2D eigenvalue weighted by Crippen LogP contribution is 2.21. The summed E-state index contributed by atoms with van der Waals surface area (Å²) in [7, 11) is 0. The van der Waals surface area contributed by atoms with Crippen molar-refractivity contribution in [2.45, 2.75) is 19.4 Å². The fourth-order valence-corrected chi connectivity index (χ4v) is 4.02. The molecule has 1 amide bonds. The van der Waals surface area contributed by atoms with Gasteiger partial charge in [0.1, 0.15) is 0 Å². The Labute approximate surface area is 175 Å². The van der Waals surface area contributed by atoms with Gasteiger partial charge in [0.15, 0.2) is 0 Å². The lowest BCUT2D eigenvalue weighted by Gasteiger charge is -2.28. The van der Waals surface area contributed by atoms with Crippen molar-refractivity contribution in [2.75, 3.05) is 18.0 Å². The van der Waals surface area contributed by atoms with Crippen LogP contribution in [-0.2, 0) is 19.4 Å². The SMILES string of the molecule is O=C(NCCc1c[nH]c2ccccc12)c1cnc(N2CCc3ccccc3C2)nc1. The van der Waals surface area contributed by atoms with E-state index in [0.29, 0.717) is 18.1 Å². The number of para-hydroxylation sites is 1. The molecule has 150 valence electrons. The van der Waals surface area contributed by atoms with E-state index in [1.165, 1.54) is 22.1 Å². The molecule has 1 aliphatic heterocycles. The third-order valence-corrected chi connectivity index (χ3v) is 5.67. The molecule has 4 aromatic rings. The number of fused-ring (bicyclic) bond motifs is 2. The molecular weight excluding hydrogens is 374 g/mol. The van der Waals surface area contributed by atoms with Crippen LogP contribution in [0.4, 0.5) is 5.95 Å². The maximum absolute atomic E-state index is 12.5. The summed E-state index contributed by atoms with van der Waals surface area (Å²) in [5.74, 6) is 0.519. The molecule has 1 aliphatic rings. The zero-order valence-corrected chi connectivity index (χ0v) is 16.6. The molecule has 3 heterocycles. The Morgan fingerprint density at radius 2 is 1.80 bits per heavy atom. The average molecular weight is 397 g/mol. The Balaban J connectivity index is 1.19. The van der Waals surface area contributed by atoms with Gasteiger partial charge in [-0.15, -0.1) is 0 Å². The summed E-state index contributed by atoms with van der Waals surface area (Å²) in [5.41, 5.74) is 5.49. The number of hydrogen-bond donors (Lipinski definition) is 2. The van der Waals surface area contributed by atoms with E-state index < -0.39 is 0 Å². The van der Waals surface area contributed by atoms with Crippen molar-refractivity contribution in [3.05, 3.63) is 89.4 Å². The number of nitrogens with zero attached hydrogens (tertiary/aromatic N) is 3. The highest BCUT2D eigenvalue weighted by atomic mass is 16.1. The Hall–Kier alpha value is -3.67. The molecule has 6 nitrogen and oxygen atoms in total. The number of amides is 1. The molecule has 0 spiro atoms. The number of rotatable bonds is 5. The van der Waals surface area contributed by atoms with E-state index in [0.717, 1.165) is 31.4 Å². The van der Waals surface area contributed by atoms with Gasteiger partial charge < -0.3 is 15.2 Å². The zero-order chi connectivity index (χ0) is 20.3. The van der Waals surface area contributed by atoms with Crippen molar-refractivity contribution >= 4 is 22.8 Å². The van der Waals surface area contributed by atoms with E-state index in [1.807, 2.05) is 18.3 Å². The van der Waals surface area contributed by atoms with E-state index >= 15 is 0 Å². The summed E-state index contributed by atoms with van der Waals surface area (Å²) in [6, 6.07) is 16.7. The second-order valence-electron chi connectivity index (χ2n) is 7.58. The van der Waals surface area contributed by atoms with Crippen molar-refractivity contribution in [3.8, 4) is 0 Å². The van der Waals surface area contributed by atoms with Crippen LogP contribution < -0.4 is 10.2 Å². The normalized spacial score (nSPS) is 13.3. The molecule has 0 saturated heterocycles. The van der Waals surface area contributed by atoms with Crippen LogP contribution >= 0.6 is 0 Å². The van der Waals surface area contributed by atoms with E-state index in [4.69, 9.17) is 0 Å². The van der Waals surface area contributed by atoms with Crippen molar-refractivity contribution in [3.63, 3.8) is 0 Å². The minimum absolute atomic E-state index is 0.148. The number of aromatic amines is 1. The van der Waals surface area contributed by atoms with Gasteiger partial charge in [-0.3, -0.25) is 4.79 Å². The standard InChI is InChI=1S/C24H23N5O/c30-23(25-11-9-18-13-26-22-8-4-3-7-21(18)22)20-14-27-24(28-15-20)29-12-10-17-5-1-2-6-19(17)16-29/h1-8,13-15,26H,9-12,16H2,(H,25,30). The van der Waals surface area contributed by atoms with Gasteiger partial charge in [-0.1, -0.05) is 42.5 Å². The van der Waals surface area contributed by atoms with Crippen LogP contribution in [0.3, 0.4) is 0 Å². The van der Waals surface area contributed by atoms with E-state index in [-0.39, 0.29) is 5.91 Å². The van der Waals surface area contributed by atoms with Crippen LogP contribution in [-0.4, -0.2) is 33.9 Å². The van der Waals surface area contributed by atoms with Gasteiger partial charge in [0, 0.05) is 49.1 Å². The molecule has 30 heavy (non-hydrogen) atoms. The van der Waals surface area contributed by atoms with Crippen LogP contribution in [0.25, 0.3) is 10.9 Å². The summed E-state index contributed by atoms with van der Waals surface area (Å²) in [6.07, 6.45) is 6.98. The minimum Gasteiger partial charge on any atom is -0.361 e. The molecule has 0 aliphatic carbocycles. The highest BCUT2D eigenvalue weighted by Gasteiger charge is 2.18. The van der Waals surface area contributed by atoms with E-state index in [1.54, 1.807) is 12.4 Å². The molecular formula is C24H23N5O.